The minimum Gasteiger partial charge on any atom is -0.496 e. The third kappa shape index (κ3) is 3.48. The van der Waals surface area contributed by atoms with Gasteiger partial charge in [0.15, 0.2) is 5.78 Å². The molecular weight excluding hydrogens is 362 g/mol. The van der Waals surface area contributed by atoms with E-state index in [1.165, 1.54) is 5.56 Å². The van der Waals surface area contributed by atoms with E-state index in [-0.39, 0.29) is 24.0 Å². The highest BCUT2D eigenvalue weighted by atomic mass is 16.5. The molecule has 0 saturated heterocycles. The number of allylic oxidation sites excluding steroid dienone is 2. The van der Waals surface area contributed by atoms with Crippen molar-refractivity contribution in [3.63, 3.8) is 0 Å². The number of benzene rings is 2. The third-order valence-corrected chi connectivity index (χ3v) is 6.01. The molecule has 2 aromatic carbocycles. The van der Waals surface area contributed by atoms with Crippen molar-refractivity contribution in [2.75, 3.05) is 12.0 Å². The van der Waals surface area contributed by atoms with Crippen molar-refractivity contribution in [2.45, 2.75) is 51.4 Å². The Hall–Kier alpha value is -2.88. The summed E-state index contributed by atoms with van der Waals surface area (Å²) >= 11 is 0. The normalized spacial score (nSPS) is 19.6. The second kappa shape index (κ2) is 7.86. The van der Waals surface area contributed by atoms with Crippen LogP contribution in [0, 0.1) is 0 Å². The van der Waals surface area contributed by atoms with Crippen molar-refractivity contribution >= 4 is 17.4 Å². The molecule has 0 aromatic heterocycles. The van der Waals surface area contributed by atoms with Crippen molar-refractivity contribution in [3.8, 4) is 5.75 Å². The number of ether oxygens (including phenoxy) is 1. The largest absolute Gasteiger partial charge is 0.496 e. The zero-order valence-corrected chi connectivity index (χ0v) is 17.3. The van der Waals surface area contributed by atoms with Crippen LogP contribution in [0.5, 0.6) is 5.75 Å². The molecule has 29 heavy (non-hydrogen) atoms. The standard InChI is InChI=1S/C25H27NO3/c1-16(2)17-11-13-18(14-12-17)26-21-8-6-9-22(27)25(21)20(15-24(26)28)19-7-4-5-10-23(19)29-3/h4-5,7,10-14,16,20H,6,8-9,15H2,1-3H3. The SMILES string of the molecule is COc1ccccc1C1CC(=O)N(c2ccc(C(C)C)cc2)C2=C1C(=O)CCC2. The Morgan fingerprint density at radius 2 is 1.72 bits per heavy atom. The maximum atomic E-state index is 13.3. The van der Waals surface area contributed by atoms with Gasteiger partial charge in [-0.2, -0.15) is 0 Å². The number of carbonyl (C=O) groups is 2. The van der Waals surface area contributed by atoms with E-state index in [1.54, 1.807) is 12.0 Å². The van der Waals surface area contributed by atoms with Crippen LogP contribution in [0.1, 0.15) is 62.5 Å². The number of nitrogens with zero attached hydrogens (tertiary/aromatic N) is 1. The Balaban J connectivity index is 1.83. The van der Waals surface area contributed by atoms with Crippen LogP contribution in [-0.2, 0) is 9.59 Å². The fourth-order valence-corrected chi connectivity index (χ4v) is 4.52. The highest BCUT2D eigenvalue weighted by Crippen LogP contribution is 2.45. The monoisotopic (exact) mass is 389 g/mol. The first-order valence-corrected chi connectivity index (χ1v) is 10.3. The van der Waals surface area contributed by atoms with Crippen LogP contribution in [0.2, 0.25) is 0 Å². The molecular formula is C25H27NO3. The van der Waals surface area contributed by atoms with Gasteiger partial charge in [0.1, 0.15) is 5.75 Å². The molecule has 0 saturated carbocycles. The number of hydrogen-bond acceptors (Lipinski definition) is 3. The average molecular weight is 389 g/mol. The van der Waals surface area contributed by atoms with Gasteiger partial charge in [0.25, 0.3) is 0 Å². The molecule has 4 heteroatoms. The molecule has 4 rings (SSSR count). The van der Waals surface area contributed by atoms with Gasteiger partial charge < -0.3 is 4.74 Å². The number of rotatable bonds is 4. The lowest BCUT2D eigenvalue weighted by Gasteiger charge is -2.38. The van der Waals surface area contributed by atoms with E-state index in [0.717, 1.165) is 41.1 Å². The summed E-state index contributed by atoms with van der Waals surface area (Å²) in [6.45, 7) is 4.30. The zero-order valence-electron chi connectivity index (χ0n) is 17.3. The lowest BCUT2D eigenvalue weighted by Crippen LogP contribution is -2.40. The van der Waals surface area contributed by atoms with E-state index >= 15 is 0 Å². The molecule has 1 heterocycles. The molecule has 1 amide bonds. The molecule has 0 fully saturated rings. The lowest BCUT2D eigenvalue weighted by atomic mass is 9.77. The number of anilines is 1. The van der Waals surface area contributed by atoms with E-state index < -0.39 is 0 Å². The van der Waals surface area contributed by atoms with Gasteiger partial charge in [-0.15, -0.1) is 0 Å². The molecule has 150 valence electrons. The fraction of sp³-hybridized carbons (Fsp3) is 0.360. The average Bonchev–Trinajstić information content (AvgIpc) is 2.73. The molecule has 2 aromatic rings. The lowest BCUT2D eigenvalue weighted by molar-refractivity contribution is -0.119. The van der Waals surface area contributed by atoms with Gasteiger partial charge in [0.05, 0.1) is 7.11 Å². The van der Waals surface area contributed by atoms with E-state index in [1.807, 2.05) is 36.4 Å². The molecule has 1 unspecified atom stereocenters. The summed E-state index contributed by atoms with van der Waals surface area (Å²) in [6, 6.07) is 15.9. The van der Waals surface area contributed by atoms with Crippen LogP contribution in [0.15, 0.2) is 59.8 Å². The highest BCUT2D eigenvalue weighted by molar-refractivity contribution is 6.07. The van der Waals surface area contributed by atoms with E-state index in [0.29, 0.717) is 12.3 Å². The predicted molar refractivity (Wildman–Crippen MR) is 114 cm³/mol. The number of carbonyl (C=O) groups excluding carboxylic acids is 2. The Morgan fingerprint density at radius 1 is 1.00 bits per heavy atom. The molecule has 1 atom stereocenters. The molecule has 0 N–H and O–H groups in total. The topological polar surface area (TPSA) is 46.6 Å². The first kappa shape index (κ1) is 19.4. The van der Waals surface area contributed by atoms with Gasteiger partial charge in [-0.3, -0.25) is 14.5 Å². The Morgan fingerprint density at radius 3 is 2.41 bits per heavy atom. The van der Waals surface area contributed by atoms with Gasteiger partial charge in [0.2, 0.25) is 5.91 Å². The molecule has 1 aliphatic heterocycles. The maximum absolute atomic E-state index is 13.3. The number of methoxy groups -OCH3 is 1. The molecule has 1 aliphatic carbocycles. The molecule has 4 nitrogen and oxygen atoms in total. The fourth-order valence-electron chi connectivity index (χ4n) is 4.52. The van der Waals surface area contributed by atoms with Crippen molar-refractivity contribution in [3.05, 3.63) is 70.9 Å². The second-order valence-electron chi connectivity index (χ2n) is 8.11. The number of Topliss-reactive ketones (excluding diaryl/α,β-unsaturated/α-hetero) is 1. The summed E-state index contributed by atoms with van der Waals surface area (Å²) in [5.41, 5.74) is 4.65. The van der Waals surface area contributed by atoms with E-state index in [2.05, 4.69) is 26.0 Å². The first-order valence-electron chi connectivity index (χ1n) is 10.3. The van der Waals surface area contributed by atoms with Crippen LogP contribution < -0.4 is 9.64 Å². The Kier molecular flexibility index (Phi) is 5.27. The molecule has 2 aliphatic rings. The highest BCUT2D eigenvalue weighted by Gasteiger charge is 2.40. The van der Waals surface area contributed by atoms with E-state index in [9.17, 15) is 9.59 Å². The van der Waals surface area contributed by atoms with Crippen LogP contribution in [0.25, 0.3) is 0 Å². The summed E-state index contributed by atoms with van der Waals surface area (Å²) in [7, 11) is 1.63. The number of hydrogen-bond donors (Lipinski definition) is 0. The number of ketones is 1. The minimum atomic E-state index is -0.243. The van der Waals surface area contributed by atoms with Crippen molar-refractivity contribution in [1.82, 2.24) is 0 Å². The van der Waals surface area contributed by atoms with Crippen molar-refractivity contribution in [1.29, 1.82) is 0 Å². The van der Waals surface area contributed by atoms with Gasteiger partial charge in [-0.05, 0) is 42.5 Å². The van der Waals surface area contributed by atoms with Gasteiger partial charge in [-0.25, -0.2) is 0 Å². The Bertz CT molecular complexity index is 972. The van der Waals surface area contributed by atoms with Crippen LogP contribution in [0.4, 0.5) is 5.69 Å². The van der Waals surface area contributed by atoms with Crippen LogP contribution in [-0.4, -0.2) is 18.8 Å². The minimum absolute atomic E-state index is 0.0339. The van der Waals surface area contributed by atoms with E-state index in [4.69, 9.17) is 4.74 Å². The summed E-state index contributed by atoms with van der Waals surface area (Å²) in [6.07, 6.45) is 2.34. The summed E-state index contributed by atoms with van der Waals surface area (Å²) in [5, 5.41) is 0. The smallest absolute Gasteiger partial charge is 0.232 e. The van der Waals surface area contributed by atoms with Gasteiger partial charge in [0, 0.05) is 41.3 Å². The summed E-state index contributed by atoms with van der Waals surface area (Å²) in [5.74, 6) is 1.10. The van der Waals surface area contributed by atoms with Crippen LogP contribution >= 0.6 is 0 Å². The molecule has 0 bridgehead atoms. The van der Waals surface area contributed by atoms with Crippen LogP contribution in [0.3, 0.4) is 0 Å². The molecule has 0 spiro atoms. The second-order valence-corrected chi connectivity index (χ2v) is 8.11. The quantitative estimate of drug-likeness (QED) is 0.708. The van der Waals surface area contributed by atoms with Crippen molar-refractivity contribution in [2.24, 2.45) is 0 Å². The van der Waals surface area contributed by atoms with Crippen molar-refractivity contribution < 1.29 is 14.3 Å². The maximum Gasteiger partial charge on any atom is 0.232 e. The first-order chi connectivity index (χ1) is 14.0. The summed E-state index contributed by atoms with van der Waals surface area (Å²) in [4.78, 5) is 28.1. The third-order valence-electron chi connectivity index (χ3n) is 6.01. The zero-order chi connectivity index (χ0) is 20.5. The Labute approximate surface area is 172 Å². The van der Waals surface area contributed by atoms with Gasteiger partial charge in [-0.1, -0.05) is 44.2 Å². The molecule has 0 radical (unpaired) electrons. The number of amides is 1. The predicted octanol–water partition coefficient (Wildman–Crippen LogP) is 5.35. The number of para-hydroxylation sites is 1. The van der Waals surface area contributed by atoms with Gasteiger partial charge >= 0.3 is 0 Å². The summed E-state index contributed by atoms with van der Waals surface area (Å²) < 4.78 is 5.54.